The van der Waals surface area contributed by atoms with Crippen LogP contribution in [-0.4, -0.2) is 55.7 Å². The monoisotopic (exact) mass is 477 g/mol. The molecule has 0 saturated heterocycles. The van der Waals surface area contributed by atoms with Gasteiger partial charge < -0.3 is 25.0 Å². The van der Waals surface area contributed by atoms with Gasteiger partial charge in [-0.2, -0.15) is 11.8 Å². The third-order valence-corrected chi connectivity index (χ3v) is 6.24. The number of rotatable bonds is 8. The van der Waals surface area contributed by atoms with Crippen molar-refractivity contribution in [2.75, 3.05) is 38.1 Å². The molecule has 7 nitrogen and oxygen atoms in total. The highest BCUT2D eigenvalue weighted by Gasteiger charge is 2.27. The standard InChI is InChI=1S/C23H28ClN3O4S/c1-30-20-12-15-8-10-27(14-16(15)13-21(20)31-2)23(29)26-19(9-11-32-3)22(28)25-18-6-4-17(24)5-7-18/h4-7,12-13,19H,8-11,14H2,1-3H3,(H,25,28)(H,26,29). The first-order chi connectivity index (χ1) is 15.4. The lowest BCUT2D eigenvalue weighted by Gasteiger charge is -2.31. The lowest BCUT2D eigenvalue weighted by Crippen LogP contribution is -2.50. The van der Waals surface area contributed by atoms with Crippen molar-refractivity contribution in [3.05, 3.63) is 52.5 Å². The van der Waals surface area contributed by atoms with Crippen LogP contribution in [0.5, 0.6) is 11.5 Å². The number of amides is 3. The van der Waals surface area contributed by atoms with Gasteiger partial charge in [0.15, 0.2) is 11.5 Å². The molecular weight excluding hydrogens is 450 g/mol. The molecule has 32 heavy (non-hydrogen) atoms. The molecule has 172 valence electrons. The number of methoxy groups -OCH3 is 2. The fourth-order valence-corrected chi connectivity index (χ4v) is 4.16. The molecule has 0 saturated carbocycles. The van der Waals surface area contributed by atoms with E-state index in [2.05, 4.69) is 10.6 Å². The van der Waals surface area contributed by atoms with Crippen molar-refractivity contribution in [3.8, 4) is 11.5 Å². The number of halogens is 1. The van der Waals surface area contributed by atoms with E-state index >= 15 is 0 Å². The molecule has 3 amide bonds. The van der Waals surface area contributed by atoms with Gasteiger partial charge >= 0.3 is 6.03 Å². The molecule has 0 spiro atoms. The molecule has 1 unspecified atom stereocenters. The summed E-state index contributed by atoms with van der Waals surface area (Å²) in [6.45, 7) is 0.998. The number of hydrogen-bond acceptors (Lipinski definition) is 5. The molecule has 2 aromatic carbocycles. The van der Waals surface area contributed by atoms with Crippen LogP contribution in [-0.2, 0) is 17.8 Å². The molecule has 0 fully saturated rings. The number of ether oxygens (including phenoxy) is 2. The van der Waals surface area contributed by atoms with Crippen LogP contribution in [0.4, 0.5) is 10.5 Å². The highest BCUT2D eigenvalue weighted by molar-refractivity contribution is 7.98. The van der Waals surface area contributed by atoms with Crippen molar-refractivity contribution in [2.45, 2.75) is 25.4 Å². The first-order valence-electron chi connectivity index (χ1n) is 10.3. The zero-order valence-electron chi connectivity index (χ0n) is 18.4. The molecule has 3 rings (SSSR count). The smallest absolute Gasteiger partial charge is 0.318 e. The van der Waals surface area contributed by atoms with Crippen LogP contribution >= 0.6 is 23.4 Å². The Hall–Kier alpha value is -2.58. The maximum absolute atomic E-state index is 13.0. The Morgan fingerprint density at radius 3 is 2.41 bits per heavy atom. The molecule has 0 aliphatic carbocycles. The van der Waals surface area contributed by atoms with Crippen molar-refractivity contribution in [3.63, 3.8) is 0 Å². The van der Waals surface area contributed by atoms with Crippen molar-refractivity contribution in [1.82, 2.24) is 10.2 Å². The summed E-state index contributed by atoms with van der Waals surface area (Å²) in [7, 11) is 3.20. The van der Waals surface area contributed by atoms with Gasteiger partial charge in [0, 0.05) is 23.8 Å². The Kier molecular flexibility index (Phi) is 8.53. The molecule has 1 aliphatic rings. The van der Waals surface area contributed by atoms with Crippen LogP contribution in [0, 0.1) is 0 Å². The number of hydrogen-bond donors (Lipinski definition) is 2. The van der Waals surface area contributed by atoms with E-state index in [0.717, 1.165) is 16.9 Å². The predicted octanol–water partition coefficient (Wildman–Crippen LogP) is 4.19. The van der Waals surface area contributed by atoms with Gasteiger partial charge in [0.1, 0.15) is 6.04 Å². The van der Waals surface area contributed by atoms with Gasteiger partial charge in [-0.1, -0.05) is 11.6 Å². The van der Waals surface area contributed by atoms with Crippen LogP contribution in [0.2, 0.25) is 5.02 Å². The van der Waals surface area contributed by atoms with E-state index in [4.69, 9.17) is 21.1 Å². The van der Waals surface area contributed by atoms with Crippen molar-refractivity contribution in [2.24, 2.45) is 0 Å². The quantitative estimate of drug-likeness (QED) is 0.596. The number of fused-ring (bicyclic) bond motifs is 1. The Morgan fingerprint density at radius 1 is 1.12 bits per heavy atom. The second-order valence-corrected chi connectivity index (χ2v) is 8.85. The fraction of sp³-hybridized carbons (Fsp3) is 0.391. The lowest BCUT2D eigenvalue weighted by atomic mass is 9.99. The number of carbonyl (C=O) groups excluding carboxylic acids is 2. The summed E-state index contributed by atoms with van der Waals surface area (Å²) in [6.07, 6.45) is 3.20. The van der Waals surface area contributed by atoms with Gasteiger partial charge in [0.25, 0.3) is 0 Å². The maximum atomic E-state index is 13.0. The van der Waals surface area contributed by atoms with Gasteiger partial charge in [-0.15, -0.1) is 0 Å². The van der Waals surface area contributed by atoms with Crippen LogP contribution in [0.15, 0.2) is 36.4 Å². The number of thioether (sulfide) groups is 1. The maximum Gasteiger partial charge on any atom is 0.318 e. The zero-order chi connectivity index (χ0) is 23.1. The Balaban J connectivity index is 1.68. The summed E-state index contributed by atoms with van der Waals surface area (Å²) in [5.74, 6) is 1.81. The summed E-state index contributed by atoms with van der Waals surface area (Å²) in [5, 5.41) is 6.37. The Bertz CT molecular complexity index is 955. The lowest BCUT2D eigenvalue weighted by molar-refractivity contribution is -0.118. The van der Waals surface area contributed by atoms with E-state index in [9.17, 15) is 9.59 Å². The second kappa shape index (κ2) is 11.3. The van der Waals surface area contributed by atoms with E-state index < -0.39 is 6.04 Å². The molecule has 1 heterocycles. The van der Waals surface area contributed by atoms with Crippen molar-refractivity contribution < 1.29 is 19.1 Å². The number of nitrogens with zero attached hydrogens (tertiary/aromatic N) is 1. The molecule has 9 heteroatoms. The number of carbonyl (C=O) groups is 2. The predicted molar refractivity (Wildman–Crippen MR) is 129 cm³/mol. The minimum absolute atomic E-state index is 0.251. The molecule has 2 aromatic rings. The Labute approximate surface area is 197 Å². The average molecular weight is 478 g/mol. The first kappa shape index (κ1) is 24.1. The van der Waals surface area contributed by atoms with Crippen LogP contribution < -0.4 is 20.1 Å². The number of urea groups is 1. The normalized spacial score (nSPS) is 13.7. The molecule has 1 atom stereocenters. The van der Waals surface area contributed by atoms with E-state index in [-0.39, 0.29) is 11.9 Å². The van der Waals surface area contributed by atoms with E-state index in [1.807, 2.05) is 18.4 Å². The van der Waals surface area contributed by atoms with E-state index in [0.29, 0.717) is 48.1 Å². The third kappa shape index (κ3) is 6.01. The van der Waals surface area contributed by atoms with E-state index in [1.54, 1.807) is 55.1 Å². The number of benzene rings is 2. The van der Waals surface area contributed by atoms with Gasteiger partial charge in [-0.05, 0) is 72.4 Å². The van der Waals surface area contributed by atoms with Crippen molar-refractivity contribution in [1.29, 1.82) is 0 Å². The van der Waals surface area contributed by atoms with Gasteiger partial charge in [0.05, 0.1) is 14.2 Å². The summed E-state index contributed by atoms with van der Waals surface area (Å²) in [4.78, 5) is 27.6. The second-order valence-electron chi connectivity index (χ2n) is 7.43. The van der Waals surface area contributed by atoms with Crippen molar-refractivity contribution >= 4 is 41.0 Å². The van der Waals surface area contributed by atoms with Gasteiger partial charge in [0.2, 0.25) is 5.91 Å². The topological polar surface area (TPSA) is 79.9 Å². The highest BCUT2D eigenvalue weighted by atomic mass is 35.5. The largest absolute Gasteiger partial charge is 0.493 e. The van der Waals surface area contributed by atoms with Crippen LogP contribution in [0.3, 0.4) is 0 Å². The molecule has 0 aromatic heterocycles. The molecule has 0 radical (unpaired) electrons. The number of anilines is 1. The first-order valence-corrected chi connectivity index (χ1v) is 12.1. The number of nitrogens with one attached hydrogen (secondary N) is 2. The third-order valence-electron chi connectivity index (χ3n) is 5.34. The van der Waals surface area contributed by atoms with Gasteiger partial charge in [-0.3, -0.25) is 4.79 Å². The van der Waals surface area contributed by atoms with Crippen LogP contribution in [0.25, 0.3) is 0 Å². The highest BCUT2D eigenvalue weighted by Crippen LogP contribution is 2.33. The summed E-state index contributed by atoms with van der Waals surface area (Å²) < 4.78 is 10.8. The Morgan fingerprint density at radius 2 is 1.78 bits per heavy atom. The molecule has 1 aliphatic heterocycles. The molecule has 0 bridgehead atoms. The minimum atomic E-state index is -0.641. The summed E-state index contributed by atoms with van der Waals surface area (Å²) in [6, 6.07) is 9.85. The van der Waals surface area contributed by atoms with Crippen LogP contribution in [0.1, 0.15) is 17.5 Å². The molecule has 2 N–H and O–H groups in total. The summed E-state index contributed by atoms with van der Waals surface area (Å²) in [5.41, 5.74) is 2.78. The fourth-order valence-electron chi connectivity index (χ4n) is 3.56. The average Bonchev–Trinajstić information content (AvgIpc) is 2.81. The summed E-state index contributed by atoms with van der Waals surface area (Å²) >= 11 is 7.54. The SMILES string of the molecule is COc1cc2c(cc1OC)CN(C(=O)NC(CCSC)C(=O)Nc1ccc(Cl)cc1)CC2. The minimum Gasteiger partial charge on any atom is -0.493 e. The van der Waals surface area contributed by atoms with E-state index in [1.165, 1.54) is 0 Å². The van der Waals surface area contributed by atoms with Gasteiger partial charge in [-0.25, -0.2) is 4.79 Å². The molecular formula is C23H28ClN3O4S. The zero-order valence-corrected chi connectivity index (χ0v) is 20.0.